The number of hydrogen-bond donors (Lipinski definition) is 1. The molecule has 0 aliphatic heterocycles. The smallest absolute Gasteiger partial charge is 0.226 e. The van der Waals surface area contributed by atoms with Gasteiger partial charge in [0.2, 0.25) is 17.6 Å². The first kappa shape index (κ1) is 16.2. The van der Waals surface area contributed by atoms with Gasteiger partial charge < -0.3 is 14.6 Å². The molecule has 0 radical (unpaired) electrons. The number of carbonyl (C=O) groups excluding carboxylic acids is 1. The largest absolute Gasteiger partial charge is 0.495 e. The molecule has 3 aromatic rings. The standard InChI is InChI=1S/C17H17N3O3S/c1-22-13-7-3-2-6-12(13)18-15(21)9-4-10-16-19-17(20-23-16)14-8-5-11-24-14/h2-3,5-8,11H,4,9-10H2,1H3,(H,18,21). The minimum Gasteiger partial charge on any atom is -0.495 e. The van der Waals surface area contributed by atoms with E-state index in [0.717, 1.165) is 4.88 Å². The molecule has 3 rings (SSSR count). The van der Waals surface area contributed by atoms with Crippen molar-refractivity contribution < 1.29 is 14.1 Å². The number of ether oxygens (including phenoxy) is 1. The molecule has 124 valence electrons. The molecule has 0 spiro atoms. The van der Waals surface area contributed by atoms with Crippen LogP contribution in [0.3, 0.4) is 0 Å². The maximum absolute atomic E-state index is 12.0. The molecule has 0 bridgehead atoms. The fourth-order valence-corrected chi connectivity index (χ4v) is 2.87. The maximum Gasteiger partial charge on any atom is 0.226 e. The number of benzene rings is 1. The van der Waals surface area contributed by atoms with Gasteiger partial charge in [-0.2, -0.15) is 4.98 Å². The van der Waals surface area contributed by atoms with E-state index in [1.165, 1.54) is 0 Å². The van der Waals surface area contributed by atoms with Crippen molar-refractivity contribution >= 4 is 22.9 Å². The average Bonchev–Trinajstić information content (AvgIpc) is 3.26. The lowest BCUT2D eigenvalue weighted by atomic mass is 10.2. The predicted octanol–water partition coefficient (Wildman–Crippen LogP) is 3.77. The molecule has 0 saturated heterocycles. The molecule has 1 amide bonds. The van der Waals surface area contributed by atoms with Crippen LogP contribution in [0.2, 0.25) is 0 Å². The first-order valence-electron chi connectivity index (χ1n) is 7.55. The third kappa shape index (κ3) is 3.99. The van der Waals surface area contributed by atoms with E-state index in [2.05, 4.69) is 15.5 Å². The third-order valence-electron chi connectivity index (χ3n) is 3.39. The first-order chi connectivity index (χ1) is 11.8. The molecule has 0 fully saturated rings. The molecule has 6 nitrogen and oxygen atoms in total. The Morgan fingerprint density at radius 3 is 2.96 bits per heavy atom. The van der Waals surface area contributed by atoms with Crippen LogP contribution < -0.4 is 10.1 Å². The first-order valence-corrected chi connectivity index (χ1v) is 8.43. The van der Waals surface area contributed by atoms with E-state index in [0.29, 0.717) is 42.4 Å². The van der Waals surface area contributed by atoms with Gasteiger partial charge in [-0.3, -0.25) is 4.79 Å². The van der Waals surface area contributed by atoms with Gasteiger partial charge in [-0.15, -0.1) is 11.3 Å². The van der Waals surface area contributed by atoms with Crippen LogP contribution in [0.15, 0.2) is 46.3 Å². The second kappa shape index (κ2) is 7.74. The number of aryl methyl sites for hydroxylation is 1. The molecule has 24 heavy (non-hydrogen) atoms. The monoisotopic (exact) mass is 343 g/mol. The number of amides is 1. The molecule has 0 aliphatic rings. The molecule has 0 saturated carbocycles. The number of methoxy groups -OCH3 is 1. The van der Waals surface area contributed by atoms with Crippen LogP contribution in [0.5, 0.6) is 5.75 Å². The highest BCUT2D eigenvalue weighted by Crippen LogP contribution is 2.24. The van der Waals surface area contributed by atoms with Crippen molar-refractivity contribution in [3.8, 4) is 16.5 Å². The summed E-state index contributed by atoms with van der Waals surface area (Å²) in [7, 11) is 1.58. The topological polar surface area (TPSA) is 77.2 Å². The van der Waals surface area contributed by atoms with Crippen LogP contribution in [0.1, 0.15) is 18.7 Å². The van der Waals surface area contributed by atoms with Crippen molar-refractivity contribution in [3.63, 3.8) is 0 Å². The zero-order valence-electron chi connectivity index (χ0n) is 13.2. The van der Waals surface area contributed by atoms with E-state index in [-0.39, 0.29) is 5.91 Å². The zero-order valence-corrected chi connectivity index (χ0v) is 14.0. The number of hydrogen-bond acceptors (Lipinski definition) is 6. The highest BCUT2D eigenvalue weighted by molar-refractivity contribution is 7.13. The quantitative estimate of drug-likeness (QED) is 0.706. The number of anilines is 1. The van der Waals surface area contributed by atoms with Gasteiger partial charge in [0, 0.05) is 12.8 Å². The average molecular weight is 343 g/mol. The van der Waals surface area contributed by atoms with Crippen molar-refractivity contribution in [3.05, 3.63) is 47.7 Å². The Morgan fingerprint density at radius 2 is 2.17 bits per heavy atom. The van der Waals surface area contributed by atoms with Gasteiger partial charge in [0.15, 0.2) is 0 Å². The lowest BCUT2D eigenvalue weighted by Crippen LogP contribution is -2.12. The Bertz CT molecular complexity index is 799. The Kier molecular flexibility index (Phi) is 5.22. The van der Waals surface area contributed by atoms with Crippen molar-refractivity contribution in [2.24, 2.45) is 0 Å². The normalized spacial score (nSPS) is 10.5. The SMILES string of the molecule is COc1ccccc1NC(=O)CCCc1nc(-c2cccs2)no1. The number of aromatic nitrogens is 2. The second-order valence-electron chi connectivity index (χ2n) is 5.09. The van der Waals surface area contributed by atoms with Crippen molar-refractivity contribution in [1.82, 2.24) is 10.1 Å². The fraction of sp³-hybridized carbons (Fsp3) is 0.235. The number of nitrogens with one attached hydrogen (secondary N) is 1. The van der Waals surface area contributed by atoms with E-state index in [4.69, 9.17) is 9.26 Å². The van der Waals surface area contributed by atoms with Gasteiger partial charge in [-0.05, 0) is 30.0 Å². The number of nitrogens with zero attached hydrogens (tertiary/aromatic N) is 2. The van der Waals surface area contributed by atoms with Crippen LogP contribution >= 0.6 is 11.3 Å². The van der Waals surface area contributed by atoms with Crippen molar-refractivity contribution in [2.75, 3.05) is 12.4 Å². The van der Waals surface area contributed by atoms with Gasteiger partial charge in [0.1, 0.15) is 5.75 Å². The third-order valence-corrected chi connectivity index (χ3v) is 4.25. The highest BCUT2D eigenvalue weighted by Gasteiger charge is 2.11. The van der Waals surface area contributed by atoms with Gasteiger partial charge >= 0.3 is 0 Å². The Balaban J connectivity index is 1.49. The molecule has 7 heteroatoms. The zero-order chi connectivity index (χ0) is 16.8. The lowest BCUT2D eigenvalue weighted by Gasteiger charge is -2.09. The van der Waals surface area contributed by atoms with Gasteiger partial charge in [0.25, 0.3) is 0 Å². The summed E-state index contributed by atoms with van der Waals surface area (Å²) in [4.78, 5) is 17.3. The molecule has 0 aliphatic carbocycles. The lowest BCUT2D eigenvalue weighted by molar-refractivity contribution is -0.116. The number of rotatable bonds is 7. The Hall–Kier alpha value is -2.67. The maximum atomic E-state index is 12.0. The molecule has 2 aromatic heterocycles. The van der Waals surface area contributed by atoms with Crippen LogP contribution in [-0.2, 0) is 11.2 Å². The number of para-hydroxylation sites is 2. The second-order valence-corrected chi connectivity index (χ2v) is 6.04. The van der Waals surface area contributed by atoms with Crippen LogP contribution in [0.4, 0.5) is 5.69 Å². The molecular formula is C17H17N3O3S. The predicted molar refractivity (Wildman–Crippen MR) is 92.2 cm³/mol. The summed E-state index contributed by atoms with van der Waals surface area (Å²) in [6, 6.07) is 11.2. The van der Waals surface area contributed by atoms with E-state index >= 15 is 0 Å². The summed E-state index contributed by atoms with van der Waals surface area (Å²) in [6.07, 6.45) is 1.57. The van der Waals surface area contributed by atoms with Crippen molar-refractivity contribution in [2.45, 2.75) is 19.3 Å². The minimum atomic E-state index is -0.0718. The summed E-state index contributed by atoms with van der Waals surface area (Å²) in [5, 5.41) is 8.77. The Morgan fingerprint density at radius 1 is 1.29 bits per heavy atom. The van der Waals surface area contributed by atoms with Crippen LogP contribution in [-0.4, -0.2) is 23.2 Å². The van der Waals surface area contributed by atoms with Gasteiger partial charge in [-0.1, -0.05) is 23.4 Å². The summed E-state index contributed by atoms with van der Waals surface area (Å²) in [5.74, 6) is 1.71. The number of thiophene rings is 1. The molecule has 1 aromatic carbocycles. The summed E-state index contributed by atoms with van der Waals surface area (Å²) >= 11 is 1.56. The summed E-state index contributed by atoms with van der Waals surface area (Å²) in [5.41, 5.74) is 0.669. The van der Waals surface area contributed by atoms with E-state index in [1.807, 2.05) is 35.7 Å². The van der Waals surface area contributed by atoms with Gasteiger partial charge in [-0.25, -0.2) is 0 Å². The van der Waals surface area contributed by atoms with E-state index < -0.39 is 0 Å². The highest BCUT2D eigenvalue weighted by atomic mass is 32.1. The fourth-order valence-electron chi connectivity index (χ4n) is 2.22. The van der Waals surface area contributed by atoms with Crippen molar-refractivity contribution in [1.29, 1.82) is 0 Å². The van der Waals surface area contributed by atoms with Crippen LogP contribution in [0, 0.1) is 0 Å². The molecular weight excluding hydrogens is 326 g/mol. The summed E-state index contributed by atoms with van der Waals surface area (Å²) in [6.45, 7) is 0. The van der Waals surface area contributed by atoms with E-state index in [1.54, 1.807) is 24.5 Å². The molecule has 0 atom stereocenters. The van der Waals surface area contributed by atoms with Crippen LogP contribution in [0.25, 0.3) is 10.7 Å². The molecule has 1 N–H and O–H groups in total. The molecule has 0 unspecified atom stereocenters. The number of carbonyl (C=O) groups is 1. The Labute approximate surface area is 143 Å². The summed E-state index contributed by atoms with van der Waals surface area (Å²) < 4.78 is 10.4. The van der Waals surface area contributed by atoms with E-state index in [9.17, 15) is 4.79 Å². The molecule has 2 heterocycles. The minimum absolute atomic E-state index is 0.0718. The van der Waals surface area contributed by atoms with Gasteiger partial charge in [0.05, 0.1) is 17.7 Å².